The number of carbonyl (C=O) groups is 1. The first-order valence-electron chi connectivity index (χ1n) is 6.34. The van der Waals surface area contributed by atoms with Gasteiger partial charge < -0.3 is 10.2 Å². The lowest BCUT2D eigenvalue weighted by Gasteiger charge is -2.32. The number of rotatable bonds is 3. The minimum Gasteiger partial charge on any atom is -0.311 e. The number of nitrogens with one attached hydrogen (secondary N) is 1. The molecule has 0 radical (unpaired) electrons. The Morgan fingerprint density at radius 3 is 2.65 bits per heavy atom. The molecule has 1 heterocycles. The van der Waals surface area contributed by atoms with E-state index in [2.05, 4.69) is 36.5 Å². The van der Waals surface area contributed by atoms with Crippen LogP contribution in [0.3, 0.4) is 0 Å². The van der Waals surface area contributed by atoms with Crippen LogP contribution in [-0.4, -0.2) is 25.5 Å². The minimum atomic E-state index is -0.0189. The molecule has 1 aromatic rings. The van der Waals surface area contributed by atoms with Gasteiger partial charge in [0.15, 0.2) is 0 Å². The zero-order valence-corrected chi connectivity index (χ0v) is 10.6. The Bertz CT molecular complexity index is 386. The smallest absolute Gasteiger partial charge is 0.244 e. The lowest BCUT2D eigenvalue weighted by atomic mass is 10.0. The minimum absolute atomic E-state index is 0.0189. The van der Waals surface area contributed by atoms with Crippen molar-refractivity contribution in [2.24, 2.45) is 0 Å². The predicted molar refractivity (Wildman–Crippen MR) is 70.3 cm³/mol. The van der Waals surface area contributed by atoms with Gasteiger partial charge in [-0.2, -0.15) is 0 Å². The van der Waals surface area contributed by atoms with Crippen molar-refractivity contribution in [3.8, 4) is 0 Å². The maximum atomic E-state index is 12.2. The fraction of sp³-hybridized carbons (Fsp3) is 0.500. The number of amides is 1. The van der Waals surface area contributed by atoms with E-state index in [9.17, 15) is 4.79 Å². The zero-order valence-electron chi connectivity index (χ0n) is 10.6. The lowest BCUT2D eigenvalue weighted by molar-refractivity contribution is -0.121. The molecule has 0 bridgehead atoms. The van der Waals surface area contributed by atoms with Crippen LogP contribution >= 0.6 is 0 Å². The Hall–Kier alpha value is -1.35. The Balaban J connectivity index is 2.17. The molecule has 0 spiro atoms. The first kappa shape index (κ1) is 12.1. The molecule has 1 atom stereocenters. The number of aryl methyl sites for hydroxylation is 1. The van der Waals surface area contributed by atoms with Gasteiger partial charge in [0, 0.05) is 12.2 Å². The summed E-state index contributed by atoms with van der Waals surface area (Å²) in [6, 6.07) is 8.29. The van der Waals surface area contributed by atoms with Crippen LogP contribution in [0.15, 0.2) is 24.3 Å². The quantitative estimate of drug-likeness (QED) is 0.864. The first-order valence-corrected chi connectivity index (χ1v) is 6.34. The highest BCUT2D eigenvalue weighted by Gasteiger charge is 2.28. The van der Waals surface area contributed by atoms with E-state index in [0.29, 0.717) is 0 Å². The van der Waals surface area contributed by atoms with Gasteiger partial charge in [0.25, 0.3) is 0 Å². The number of likely N-dealkylation sites (N-methyl/N-ethyl adjacent to an activating group) is 1. The van der Waals surface area contributed by atoms with Crippen LogP contribution in [0, 0.1) is 0 Å². The normalized spacial score (nSPS) is 20.7. The van der Waals surface area contributed by atoms with Crippen LogP contribution in [0.2, 0.25) is 0 Å². The van der Waals surface area contributed by atoms with Gasteiger partial charge in [-0.05, 0) is 44.0 Å². The number of carbonyl (C=O) groups excluding carboxylic acids is 1. The van der Waals surface area contributed by atoms with E-state index in [1.54, 1.807) is 0 Å². The number of piperidine rings is 1. The fourth-order valence-corrected chi connectivity index (χ4v) is 2.31. The second kappa shape index (κ2) is 5.32. The molecule has 0 aromatic heterocycles. The molecule has 92 valence electrons. The molecular weight excluding hydrogens is 212 g/mol. The van der Waals surface area contributed by atoms with Crippen molar-refractivity contribution in [2.75, 3.05) is 18.5 Å². The van der Waals surface area contributed by atoms with Crippen molar-refractivity contribution in [2.45, 2.75) is 32.2 Å². The van der Waals surface area contributed by atoms with Crippen molar-refractivity contribution >= 4 is 11.6 Å². The Labute approximate surface area is 103 Å². The Morgan fingerprint density at radius 1 is 1.35 bits per heavy atom. The highest BCUT2D eigenvalue weighted by molar-refractivity contribution is 5.97. The standard InChI is InChI=1S/C14H20N2O/c1-3-11-6-8-12(9-7-11)16-10-4-5-13(15-2)14(16)17/h6-9,13,15H,3-5,10H2,1-2H3. The molecule has 1 amide bonds. The Morgan fingerprint density at radius 2 is 2.06 bits per heavy atom. The summed E-state index contributed by atoms with van der Waals surface area (Å²) in [7, 11) is 1.85. The van der Waals surface area contributed by atoms with Gasteiger partial charge in [-0.25, -0.2) is 0 Å². The van der Waals surface area contributed by atoms with Gasteiger partial charge in [0.05, 0.1) is 6.04 Å². The summed E-state index contributed by atoms with van der Waals surface area (Å²) in [5, 5.41) is 3.08. The average Bonchev–Trinajstić information content (AvgIpc) is 2.39. The highest BCUT2D eigenvalue weighted by Crippen LogP contribution is 2.21. The van der Waals surface area contributed by atoms with Crippen molar-refractivity contribution < 1.29 is 4.79 Å². The summed E-state index contributed by atoms with van der Waals surface area (Å²) in [5.41, 5.74) is 2.33. The molecule has 1 fully saturated rings. The van der Waals surface area contributed by atoms with E-state index < -0.39 is 0 Å². The average molecular weight is 232 g/mol. The molecule has 1 unspecified atom stereocenters. The number of hydrogen-bond acceptors (Lipinski definition) is 2. The molecule has 1 aromatic carbocycles. The molecule has 3 nitrogen and oxygen atoms in total. The molecule has 1 saturated heterocycles. The number of hydrogen-bond donors (Lipinski definition) is 1. The third-order valence-electron chi connectivity index (χ3n) is 3.44. The van der Waals surface area contributed by atoms with Gasteiger partial charge in [-0.15, -0.1) is 0 Å². The second-order valence-electron chi connectivity index (χ2n) is 4.49. The van der Waals surface area contributed by atoms with Crippen LogP contribution in [0.4, 0.5) is 5.69 Å². The molecule has 1 N–H and O–H groups in total. The van der Waals surface area contributed by atoms with Gasteiger partial charge in [-0.1, -0.05) is 19.1 Å². The van der Waals surface area contributed by atoms with E-state index in [-0.39, 0.29) is 11.9 Å². The molecule has 2 rings (SSSR count). The van der Waals surface area contributed by atoms with E-state index in [4.69, 9.17) is 0 Å². The summed E-state index contributed by atoms with van der Waals surface area (Å²) in [5.74, 6) is 0.197. The largest absolute Gasteiger partial charge is 0.311 e. The van der Waals surface area contributed by atoms with Crippen LogP contribution in [0.1, 0.15) is 25.3 Å². The van der Waals surface area contributed by atoms with E-state index in [1.165, 1.54) is 5.56 Å². The van der Waals surface area contributed by atoms with Crippen molar-refractivity contribution in [3.05, 3.63) is 29.8 Å². The molecule has 1 aliphatic rings. The number of nitrogens with zero attached hydrogens (tertiary/aromatic N) is 1. The van der Waals surface area contributed by atoms with Crippen LogP contribution in [-0.2, 0) is 11.2 Å². The molecule has 17 heavy (non-hydrogen) atoms. The van der Waals surface area contributed by atoms with Gasteiger partial charge in [0.2, 0.25) is 5.91 Å². The molecule has 3 heteroatoms. The second-order valence-corrected chi connectivity index (χ2v) is 4.49. The number of anilines is 1. The van der Waals surface area contributed by atoms with Gasteiger partial charge >= 0.3 is 0 Å². The zero-order chi connectivity index (χ0) is 12.3. The predicted octanol–water partition coefficient (Wildman–Crippen LogP) is 1.96. The van der Waals surface area contributed by atoms with Crippen LogP contribution < -0.4 is 10.2 Å². The first-order chi connectivity index (χ1) is 8.26. The van der Waals surface area contributed by atoms with E-state index in [0.717, 1.165) is 31.5 Å². The van der Waals surface area contributed by atoms with Crippen LogP contribution in [0.5, 0.6) is 0 Å². The summed E-state index contributed by atoms with van der Waals surface area (Å²) in [4.78, 5) is 14.1. The molecule has 0 saturated carbocycles. The highest BCUT2D eigenvalue weighted by atomic mass is 16.2. The monoisotopic (exact) mass is 232 g/mol. The van der Waals surface area contributed by atoms with Crippen molar-refractivity contribution in [1.82, 2.24) is 5.32 Å². The summed E-state index contributed by atoms with van der Waals surface area (Å²) in [6.07, 6.45) is 3.04. The Kier molecular flexibility index (Phi) is 3.79. The van der Waals surface area contributed by atoms with Crippen molar-refractivity contribution in [3.63, 3.8) is 0 Å². The SMILES string of the molecule is CCc1ccc(N2CCCC(NC)C2=O)cc1. The van der Waals surface area contributed by atoms with Crippen LogP contribution in [0.25, 0.3) is 0 Å². The maximum absolute atomic E-state index is 12.2. The summed E-state index contributed by atoms with van der Waals surface area (Å²) >= 11 is 0. The topological polar surface area (TPSA) is 32.3 Å². The van der Waals surface area contributed by atoms with Gasteiger partial charge in [-0.3, -0.25) is 4.79 Å². The molecule has 1 aliphatic heterocycles. The molecule has 0 aliphatic carbocycles. The molecular formula is C14H20N2O. The summed E-state index contributed by atoms with van der Waals surface area (Å²) < 4.78 is 0. The summed E-state index contributed by atoms with van der Waals surface area (Å²) in [6.45, 7) is 2.97. The van der Waals surface area contributed by atoms with E-state index >= 15 is 0 Å². The number of benzene rings is 1. The third kappa shape index (κ3) is 2.50. The van der Waals surface area contributed by atoms with Gasteiger partial charge in [0.1, 0.15) is 0 Å². The maximum Gasteiger partial charge on any atom is 0.244 e. The van der Waals surface area contributed by atoms with Crippen molar-refractivity contribution in [1.29, 1.82) is 0 Å². The third-order valence-corrected chi connectivity index (χ3v) is 3.44. The fourth-order valence-electron chi connectivity index (χ4n) is 2.31. The van der Waals surface area contributed by atoms with E-state index in [1.807, 2.05) is 11.9 Å². The lowest BCUT2D eigenvalue weighted by Crippen LogP contribution is -2.49.